The van der Waals surface area contributed by atoms with Crippen molar-refractivity contribution in [3.63, 3.8) is 0 Å². The van der Waals surface area contributed by atoms with Gasteiger partial charge >= 0.3 is 12.4 Å². The first-order valence-electron chi connectivity index (χ1n) is 10.9. The van der Waals surface area contributed by atoms with Gasteiger partial charge in [-0.3, -0.25) is 0 Å². The van der Waals surface area contributed by atoms with E-state index >= 15 is 0 Å². The number of rotatable bonds is 6. The Morgan fingerprint density at radius 3 is 2.16 bits per heavy atom. The van der Waals surface area contributed by atoms with Gasteiger partial charge < -0.3 is 9.53 Å². The van der Waals surface area contributed by atoms with Crippen LogP contribution in [0.2, 0.25) is 19.6 Å². The van der Waals surface area contributed by atoms with Crippen LogP contribution in [0.25, 0.3) is 0 Å². The normalized spacial score (nSPS) is 31.6. The summed E-state index contributed by atoms with van der Waals surface area (Å²) >= 11 is 0. The van der Waals surface area contributed by atoms with Gasteiger partial charge in [-0.2, -0.15) is 26.3 Å². The van der Waals surface area contributed by atoms with Gasteiger partial charge in [0.15, 0.2) is 8.32 Å². The van der Waals surface area contributed by atoms with Gasteiger partial charge in [0.2, 0.25) is 0 Å². The predicted octanol–water partition coefficient (Wildman–Crippen LogP) is 6.93. The molecule has 0 aliphatic heterocycles. The predicted molar refractivity (Wildman–Crippen MR) is 109 cm³/mol. The van der Waals surface area contributed by atoms with Crippen LogP contribution in [0.1, 0.15) is 51.9 Å². The van der Waals surface area contributed by atoms with E-state index in [0.29, 0.717) is 6.42 Å². The Kier molecular flexibility index (Phi) is 6.10. The van der Waals surface area contributed by atoms with Crippen molar-refractivity contribution in [3.8, 4) is 0 Å². The second kappa shape index (κ2) is 7.62. The lowest BCUT2D eigenvalue weighted by atomic mass is 9.62. The highest BCUT2D eigenvalue weighted by molar-refractivity contribution is 6.69. The molecule has 0 saturated heterocycles. The lowest BCUT2D eigenvalue weighted by Crippen LogP contribution is -2.61. The van der Waals surface area contributed by atoms with Crippen molar-refractivity contribution in [2.75, 3.05) is 0 Å². The molecule has 2 saturated carbocycles. The molecule has 3 atom stereocenters. The molecular weight excluding hydrogens is 438 g/mol. The van der Waals surface area contributed by atoms with E-state index in [1.807, 2.05) is 0 Å². The van der Waals surface area contributed by atoms with Gasteiger partial charge in [0.05, 0.1) is 6.10 Å². The van der Waals surface area contributed by atoms with Gasteiger partial charge in [0, 0.05) is 0 Å². The van der Waals surface area contributed by atoms with Crippen molar-refractivity contribution in [1.29, 1.82) is 0 Å². The van der Waals surface area contributed by atoms with Gasteiger partial charge in [-0.25, -0.2) is 0 Å². The van der Waals surface area contributed by atoms with E-state index in [2.05, 4.69) is 13.0 Å². The summed E-state index contributed by atoms with van der Waals surface area (Å²) in [6, 6.07) is 0. The minimum absolute atomic E-state index is 0.0809. The van der Waals surface area contributed by atoms with Crippen LogP contribution in [0.5, 0.6) is 0 Å². The number of allylic oxidation sites excluding steroid dienone is 3. The standard InChI is InChI=1S/C22H32F6O2Si/c1-18-10-5-7-16(29)15(18)8-9-17(18)19(13-14-19)11-6-12-20(21(23,24)25,22(26,27)28)30-31(2,3)4/h6,9,12,15-16,29H,5,7-8,10-11,13-14H2,1-4H3/t15?,16-,18-/m0/s1. The third-order valence-electron chi connectivity index (χ3n) is 7.27. The molecule has 0 aromatic heterocycles. The smallest absolute Gasteiger partial charge is 0.394 e. The lowest BCUT2D eigenvalue weighted by molar-refractivity contribution is -0.340. The second-order valence-electron chi connectivity index (χ2n) is 10.7. The third kappa shape index (κ3) is 4.38. The molecule has 3 aliphatic carbocycles. The molecule has 0 radical (unpaired) electrons. The number of halogens is 6. The number of hydrogen-bond donors (Lipinski definition) is 1. The second-order valence-corrected chi connectivity index (χ2v) is 15.1. The van der Waals surface area contributed by atoms with Crippen LogP contribution in [0.15, 0.2) is 23.8 Å². The van der Waals surface area contributed by atoms with Crippen LogP contribution in [-0.2, 0) is 4.43 Å². The summed E-state index contributed by atoms with van der Waals surface area (Å²) in [7, 11) is -3.19. The SMILES string of the molecule is C[C@]12CCC[C@H](O)C1CC=C2C1(CC=CC(O[Si](C)(C)C)(C(F)(F)F)C(F)(F)F)CC1. The topological polar surface area (TPSA) is 29.5 Å². The molecule has 0 spiro atoms. The first-order chi connectivity index (χ1) is 14.0. The summed E-state index contributed by atoms with van der Waals surface area (Å²) in [5, 5.41) is 10.4. The van der Waals surface area contributed by atoms with Crippen LogP contribution < -0.4 is 0 Å². The van der Waals surface area contributed by atoms with Gasteiger partial charge in [-0.05, 0) is 87.4 Å². The minimum atomic E-state index is -5.62. The molecule has 3 rings (SSSR count). The number of fused-ring (bicyclic) bond motifs is 1. The van der Waals surface area contributed by atoms with E-state index in [1.165, 1.54) is 19.6 Å². The zero-order valence-electron chi connectivity index (χ0n) is 18.5. The van der Waals surface area contributed by atoms with Crippen LogP contribution in [0.3, 0.4) is 0 Å². The third-order valence-corrected chi connectivity index (χ3v) is 8.20. The molecule has 0 bridgehead atoms. The molecule has 178 valence electrons. The van der Waals surface area contributed by atoms with Crippen molar-refractivity contribution in [2.45, 2.75) is 95.6 Å². The Morgan fingerprint density at radius 2 is 1.68 bits per heavy atom. The Bertz CT molecular complexity index is 731. The van der Waals surface area contributed by atoms with E-state index in [4.69, 9.17) is 4.43 Å². The molecule has 1 N–H and O–H groups in total. The highest BCUT2D eigenvalue weighted by Crippen LogP contribution is 2.66. The number of hydrogen-bond acceptors (Lipinski definition) is 2. The van der Waals surface area contributed by atoms with Gasteiger partial charge in [-0.1, -0.05) is 24.6 Å². The molecule has 9 heteroatoms. The van der Waals surface area contributed by atoms with E-state index in [9.17, 15) is 31.4 Å². The molecule has 1 unspecified atom stereocenters. The van der Waals surface area contributed by atoms with Crippen molar-refractivity contribution in [3.05, 3.63) is 23.8 Å². The van der Waals surface area contributed by atoms with Crippen molar-refractivity contribution in [1.82, 2.24) is 0 Å². The Balaban J connectivity index is 1.88. The quantitative estimate of drug-likeness (QED) is 0.259. The molecule has 31 heavy (non-hydrogen) atoms. The molecule has 0 aromatic carbocycles. The Labute approximate surface area is 180 Å². The van der Waals surface area contributed by atoms with Crippen LogP contribution in [0, 0.1) is 16.7 Å². The molecule has 0 aromatic rings. The summed E-state index contributed by atoms with van der Waals surface area (Å²) in [6.45, 7) is 6.03. The first kappa shape index (κ1) is 24.8. The van der Waals surface area contributed by atoms with Crippen molar-refractivity contribution >= 4 is 8.32 Å². The fourth-order valence-electron chi connectivity index (χ4n) is 5.71. The fraction of sp³-hybridized carbons (Fsp3) is 0.818. The van der Waals surface area contributed by atoms with E-state index in [1.54, 1.807) is 0 Å². The lowest BCUT2D eigenvalue weighted by Gasteiger charge is -2.44. The molecule has 0 heterocycles. The van der Waals surface area contributed by atoms with Crippen LogP contribution in [-0.4, -0.2) is 37.5 Å². The van der Waals surface area contributed by atoms with E-state index in [-0.39, 0.29) is 23.8 Å². The molecule has 0 amide bonds. The van der Waals surface area contributed by atoms with Crippen LogP contribution in [0.4, 0.5) is 26.3 Å². The summed E-state index contributed by atoms with van der Waals surface area (Å²) < 4.78 is 87.3. The average molecular weight is 471 g/mol. The number of aliphatic hydroxyl groups is 1. The van der Waals surface area contributed by atoms with Gasteiger partial charge in [0.25, 0.3) is 5.60 Å². The molecule has 2 fully saturated rings. The van der Waals surface area contributed by atoms with Crippen molar-refractivity contribution < 1.29 is 35.9 Å². The van der Waals surface area contributed by atoms with Crippen molar-refractivity contribution in [2.24, 2.45) is 16.7 Å². The van der Waals surface area contributed by atoms with Gasteiger partial charge in [-0.15, -0.1) is 0 Å². The van der Waals surface area contributed by atoms with E-state index in [0.717, 1.165) is 43.8 Å². The molecule has 3 aliphatic rings. The summed E-state index contributed by atoms with van der Waals surface area (Å²) in [5.41, 5.74) is -3.82. The average Bonchev–Trinajstić information content (AvgIpc) is 3.25. The number of aliphatic hydroxyl groups excluding tert-OH is 1. The zero-order chi connectivity index (χ0) is 23.5. The summed E-state index contributed by atoms with van der Waals surface area (Å²) in [6.07, 6.45) is -3.52. The zero-order valence-corrected chi connectivity index (χ0v) is 19.5. The number of alkyl halides is 6. The summed E-state index contributed by atoms with van der Waals surface area (Å²) in [5.74, 6) is 0.0809. The highest BCUT2D eigenvalue weighted by atomic mass is 28.4. The maximum absolute atomic E-state index is 13.8. The maximum atomic E-state index is 13.8. The van der Waals surface area contributed by atoms with Gasteiger partial charge in [0.1, 0.15) is 0 Å². The monoisotopic (exact) mass is 470 g/mol. The maximum Gasteiger partial charge on any atom is 0.429 e. The van der Waals surface area contributed by atoms with E-state index < -0.39 is 37.8 Å². The highest BCUT2D eigenvalue weighted by Gasteiger charge is 2.71. The summed E-state index contributed by atoms with van der Waals surface area (Å²) in [4.78, 5) is 0. The van der Waals surface area contributed by atoms with Crippen LogP contribution >= 0.6 is 0 Å². The molecular formula is C22H32F6O2Si. The largest absolute Gasteiger partial charge is 0.429 e. The Hall–Kier alpha value is -0.803. The fourth-order valence-corrected chi connectivity index (χ4v) is 6.97. The molecule has 2 nitrogen and oxygen atoms in total. The Morgan fingerprint density at radius 1 is 1.10 bits per heavy atom. The minimum Gasteiger partial charge on any atom is -0.394 e. The first-order valence-corrected chi connectivity index (χ1v) is 14.3.